The van der Waals surface area contributed by atoms with Crippen molar-refractivity contribution in [2.75, 3.05) is 32.1 Å². The van der Waals surface area contributed by atoms with Crippen molar-refractivity contribution >= 4 is 38.6 Å². The standard InChI is InChI=1S/C23H21N5O4S2/c1-27(2)21(29)11-32-15-4-3-14-7-8-28(19(14)9-15)23-17-12-34(30,31)13-18(17)25-22(26-23)20-6-5-16(10-24)33-20/h3-6,9H,7-8,11-13H2,1-2H3. The van der Waals surface area contributed by atoms with E-state index in [4.69, 9.17) is 9.72 Å². The van der Waals surface area contributed by atoms with Crippen molar-refractivity contribution in [1.82, 2.24) is 14.9 Å². The summed E-state index contributed by atoms with van der Waals surface area (Å²) >= 11 is 1.27. The lowest BCUT2D eigenvalue weighted by molar-refractivity contribution is -0.130. The van der Waals surface area contributed by atoms with E-state index in [2.05, 4.69) is 11.1 Å². The number of hydrogen-bond donors (Lipinski definition) is 0. The first-order valence-corrected chi connectivity index (χ1v) is 13.2. The van der Waals surface area contributed by atoms with E-state index < -0.39 is 9.84 Å². The van der Waals surface area contributed by atoms with Gasteiger partial charge in [-0.1, -0.05) is 6.07 Å². The molecule has 34 heavy (non-hydrogen) atoms. The average molecular weight is 496 g/mol. The molecule has 0 unspecified atom stereocenters. The number of anilines is 2. The summed E-state index contributed by atoms with van der Waals surface area (Å²) in [4.78, 5) is 26.0. The van der Waals surface area contributed by atoms with Crippen molar-refractivity contribution in [2.24, 2.45) is 0 Å². The van der Waals surface area contributed by atoms with Gasteiger partial charge in [-0.15, -0.1) is 11.3 Å². The van der Waals surface area contributed by atoms with Crippen LogP contribution in [-0.4, -0.2) is 56.4 Å². The van der Waals surface area contributed by atoms with Gasteiger partial charge in [0.2, 0.25) is 0 Å². The van der Waals surface area contributed by atoms with Crippen LogP contribution in [0.5, 0.6) is 5.75 Å². The molecule has 2 aromatic heterocycles. The molecule has 0 saturated carbocycles. The van der Waals surface area contributed by atoms with Gasteiger partial charge in [-0.2, -0.15) is 5.26 Å². The van der Waals surface area contributed by atoms with Crippen molar-refractivity contribution in [2.45, 2.75) is 17.9 Å². The summed E-state index contributed by atoms with van der Waals surface area (Å²) in [6.45, 7) is 0.558. The van der Waals surface area contributed by atoms with Crippen LogP contribution in [0.15, 0.2) is 30.3 Å². The maximum atomic E-state index is 12.5. The molecule has 2 aliphatic heterocycles. The second kappa shape index (κ2) is 8.38. The van der Waals surface area contributed by atoms with Crippen LogP contribution in [0.3, 0.4) is 0 Å². The molecule has 0 radical (unpaired) electrons. The van der Waals surface area contributed by atoms with Crippen molar-refractivity contribution in [3.05, 3.63) is 52.0 Å². The van der Waals surface area contributed by atoms with Gasteiger partial charge in [-0.05, 0) is 30.2 Å². The summed E-state index contributed by atoms with van der Waals surface area (Å²) in [7, 11) is 0.0298. The number of likely N-dealkylation sites (N-methyl/N-ethyl adjacent to an activating group) is 1. The lowest BCUT2D eigenvalue weighted by Crippen LogP contribution is -2.27. The number of rotatable bonds is 5. The molecular formula is C23H21N5O4S2. The number of thiophene rings is 1. The van der Waals surface area contributed by atoms with E-state index in [0.717, 1.165) is 17.7 Å². The molecule has 11 heteroatoms. The summed E-state index contributed by atoms with van der Waals surface area (Å²) in [6, 6.07) is 11.3. The fraction of sp³-hybridized carbons (Fsp3) is 0.304. The van der Waals surface area contributed by atoms with Crippen LogP contribution in [0.1, 0.15) is 21.7 Å². The number of nitrogens with zero attached hydrogens (tertiary/aromatic N) is 5. The van der Waals surface area contributed by atoms with Crippen LogP contribution in [-0.2, 0) is 32.6 Å². The molecule has 0 saturated heterocycles. The number of amides is 1. The lowest BCUT2D eigenvalue weighted by atomic mass is 10.1. The number of nitriles is 1. The molecule has 2 aliphatic rings. The van der Waals surface area contributed by atoms with Gasteiger partial charge in [0, 0.05) is 38.0 Å². The first-order chi connectivity index (χ1) is 16.2. The zero-order chi connectivity index (χ0) is 24.0. The minimum atomic E-state index is -3.31. The van der Waals surface area contributed by atoms with E-state index in [1.165, 1.54) is 16.2 Å². The molecule has 3 aromatic rings. The molecular weight excluding hydrogens is 474 g/mol. The third-order valence-electron chi connectivity index (χ3n) is 5.80. The van der Waals surface area contributed by atoms with E-state index in [1.807, 2.05) is 23.1 Å². The van der Waals surface area contributed by atoms with Gasteiger partial charge in [0.05, 0.1) is 22.1 Å². The van der Waals surface area contributed by atoms with Gasteiger partial charge >= 0.3 is 0 Å². The third kappa shape index (κ3) is 4.10. The second-order valence-electron chi connectivity index (χ2n) is 8.37. The zero-order valence-corrected chi connectivity index (χ0v) is 20.2. The Bertz CT molecular complexity index is 1460. The van der Waals surface area contributed by atoms with Gasteiger partial charge in [-0.3, -0.25) is 4.79 Å². The van der Waals surface area contributed by atoms with E-state index in [-0.39, 0.29) is 24.0 Å². The van der Waals surface area contributed by atoms with Crippen LogP contribution < -0.4 is 9.64 Å². The summed E-state index contributed by atoms with van der Waals surface area (Å²) in [5, 5.41) is 9.19. The third-order valence-corrected chi connectivity index (χ3v) is 8.23. The number of hydrogen-bond acceptors (Lipinski definition) is 9. The second-order valence-corrected chi connectivity index (χ2v) is 11.5. The van der Waals surface area contributed by atoms with Crippen molar-refractivity contribution in [3.63, 3.8) is 0 Å². The highest BCUT2D eigenvalue weighted by molar-refractivity contribution is 7.90. The molecule has 1 aromatic carbocycles. The van der Waals surface area contributed by atoms with Gasteiger partial charge in [0.25, 0.3) is 5.91 Å². The van der Waals surface area contributed by atoms with Crippen molar-refractivity contribution in [3.8, 4) is 22.5 Å². The van der Waals surface area contributed by atoms with Gasteiger partial charge in [0.1, 0.15) is 22.5 Å². The summed E-state index contributed by atoms with van der Waals surface area (Å²) in [5.41, 5.74) is 3.07. The van der Waals surface area contributed by atoms with Crippen molar-refractivity contribution in [1.29, 1.82) is 5.26 Å². The number of carbonyl (C=O) groups is 1. The molecule has 5 rings (SSSR count). The quantitative estimate of drug-likeness (QED) is 0.530. The maximum Gasteiger partial charge on any atom is 0.259 e. The fourth-order valence-corrected chi connectivity index (χ4v) is 6.29. The summed E-state index contributed by atoms with van der Waals surface area (Å²) in [6.07, 6.45) is 0.769. The largest absolute Gasteiger partial charge is 0.484 e. The van der Waals surface area contributed by atoms with Crippen LogP contribution in [0.4, 0.5) is 11.5 Å². The Morgan fingerprint density at radius 3 is 2.79 bits per heavy atom. The van der Waals surface area contributed by atoms with E-state index in [1.54, 1.807) is 26.2 Å². The SMILES string of the molecule is CN(C)C(=O)COc1ccc2c(c1)N(c1nc(-c3ccc(C#N)s3)nc3c1CS(=O)(=O)C3)CC2. The Morgan fingerprint density at radius 1 is 1.24 bits per heavy atom. The van der Waals surface area contributed by atoms with Gasteiger partial charge in [-0.25, -0.2) is 18.4 Å². The fourth-order valence-electron chi connectivity index (χ4n) is 4.06. The topological polar surface area (TPSA) is 116 Å². The maximum absolute atomic E-state index is 12.5. The molecule has 0 fully saturated rings. The minimum Gasteiger partial charge on any atom is -0.484 e. The number of fused-ring (bicyclic) bond motifs is 2. The lowest BCUT2D eigenvalue weighted by Gasteiger charge is -2.22. The predicted octanol–water partition coefficient (Wildman–Crippen LogP) is 2.67. The molecule has 9 nitrogen and oxygen atoms in total. The number of ether oxygens (including phenoxy) is 1. The Hall–Kier alpha value is -3.49. The number of aromatic nitrogens is 2. The van der Waals surface area contributed by atoms with Gasteiger partial charge in [0.15, 0.2) is 22.3 Å². The highest BCUT2D eigenvalue weighted by Crippen LogP contribution is 2.41. The Morgan fingerprint density at radius 2 is 2.06 bits per heavy atom. The number of carbonyl (C=O) groups excluding carboxylic acids is 1. The highest BCUT2D eigenvalue weighted by Gasteiger charge is 2.34. The first kappa shape index (κ1) is 22.3. The minimum absolute atomic E-state index is 0.0727. The Kier molecular flexibility index (Phi) is 5.50. The van der Waals surface area contributed by atoms with E-state index >= 15 is 0 Å². The first-order valence-electron chi connectivity index (χ1n) is 10.6. The van der Waals surface area contributed by atoms with Crippen LogP contribution >= 0.6 is 11.3 Å². The molecule has 0 spiro atoms. The molecule has 0 N–H and O–H groups in total. The monoisotopic (exact) mass is 495 g/mol. The molecule has 0 aliphatic carbocycles. The number of sulfone groups is 1. The summed E-state index contributed by atoms with van der Waals surface area (Å²) < 4.78 is 30.6. The van der Waals surface area contributed by atoms with Gasteiger partial charge < -0.3 is 14.5 Å². The summed E-state index contributed by atoms with van der Waals surface area (Å²) in [5.74, 6) is 1.15. The van der Waals surface area contributed by atoms with E-state index in [0.29, 0.717) is 44.9 Å². The Balaban J connectivity index is 1.55. The molecule has 4 heterocycles. The van der Waals surface area contributed by atoms with Crippen molar-refractivity contribution < 1.29 is 17.9 Å². The zero-order valence-electron chi connectivity index (χ0n) is 18.6. The Labute approximate surface area is 201 Å². The van der Waals surface area contributed by atoms with Crippen LogP contribution in [0.2, 0.25) is 0 Å². The smallest absolute Gasteiger partial charge is 0.259 e. The molecule has 1 amide bonds. The van der Waals surface area contributed by atoms with Crippen LogP contribution in [0, 0.1) is 11.3 Å². The normalized spacial score (nSPS) is 15.5. The predicted molar refractivity (Wildman–Crippen MR) is 128 cm³/mol. The molecule has 174 valence electrons. The van der Waals surface area contributed by atoms with Crippen LogP contribution in [0.25, 0.3) is 10.7 Å². The highest BCUT2D eigenvalue weighted by atomic mass is 32.2. The number of benzene rings is 1. The molecule has 0 bridgehead atoms. The average Bonchev–Trinajstić information content (AvgIpc) is 3.51. The molecule has 0 atom stereocenters. The van der Waals surface area contributed by atoms with E-state index in [9.17, 15) is 18.5 Å².